The fourth-order valence-corrected chi connectivity index (χ4v) is 1.92. The lowest BCUT2D eigenvalue weighted by molar-refractivity contribution is 0.0134. The monoisotopic (exact) mass is 224 g/mol. The first kappa shape index (κ1) is 11.3. The minimum Gasteiger partial charge on any atom is -0.385 e. The molecule has 0 aliphatic carbocycles. The number of anilines is 1. The van der Waals surface area contributed by atoms with Crippen LogP contribution >= 0.6 is 0 Å². The van der Waals surface area contributed by atoms with E-state index >= 15 is 0 Å². The molecule has 2 rings (SSSR count). The van der Waals surface area contributed by atoms with Crippen LogP contribution in [0.3, 0.4) is 0 Å². The zero-order chi connectivity index (χ0) is 11.2. The van der Waals surface area contributed by atoms with Gasteiger partial charge in [-0.25, -0.2) is 4.98 Å². The van der Waals surface area contributed by atoms with E-state index in [1.807, 2.05) is 0 Å². The Kier molecular flexibility index (Phi) is 4.10. The Hall–Kier alpha value is -1.16. The van der Waals surface area contributed by atoms with E-state index in [9.17, 15) is 4.39 Å². The number of rotatable bonds is 4. The summed E-state index contributed by atoms with van der Waals surface area (Å²) in [5, 5.41) is 3.17. The molecule has 16 heavy (non-hydrogen) atoms. The van der Waals surface area contributed by atoms with Crippen molar-refractivity contribution in [2.24, 2.45) is 0 Å². The van der Waals surface area contributed by atoms with Gasteiger partial charge in [0.2, 0.25) is 5.95 Å². The normalized spacial score (nSPS) is 20.7. The summed E-state index contributed by atoms with van der Waals surface area (Å²) >= 11 is 0. The molecule has 1 fully saturated rings. The molecule has 4 heteroatoms. The number of halogens is 1. The Bertz CT molecular complexity index is 327. The van der Waals surface area contributed by atoms with Crippen molar-refractivity contribution in [3.63, 3.8) is 0 Å². The summed E-state index contributed by atoms with van der Waals surface area (Å²) in [6.07, 6.45) is 6.40. The van der Waals surface area contributed by atoms with Crippen LogP contribution in [0, 0.1) is 5.95 Å². The second-order valence-corrected chi connectivity index (χ2v) is 4.07. The largest absolute Gasteiger partial charge is 0.385 e. The van der Waals surface area contributed by atoms with Crippen LogP contribution in [-0.4, -0.2) is 24.2 Å². The first-order valence-corrected chi connectivity index (χ1v) is 5.81. The van der Waals surface area contributed by atoms with Gasteiger partial charge in [0.1, 0.15) is 0 Å². The predicted molar refractivity (Wildman–Crippen MR) is 60.9 cm³/mol. The minimum absolute atomic E-state index is 0.368. The van der Waals surface area contributed by atoms with Gasteiger partial charge < -0.3 is 10.1 Å². The smallest absolute Gasteiger partial charge is 0.214 e. The molecule has 88 valence electrons. The predicted octanol–water partition coefficient (Wildman–Crippen LogP) is 2.59. The molecule has 0 saturated carbocycles. The van der Waals surface area contributed by atoms with Crippen molar-refractivity contribution in [1.82, 2.24) is 4.98 Å². The number of nitrogens with zero attached hydrogens (tertiary/aromatic N) is 1. The summed E-state index contributed by atoms with van der Waals surface area (Å²) in [5.41, 5.74) is 0.781. The number of hydrogen-bond acceptors (Lipinski definition) is 3. The molecule has 1 aliphatic heterocycles. The third kappa shape index (κ3) is 3.45. The SMILES string of the molecule is Fc1cc(NCCC2CCCCO2)ccn1. The van der Waals surface area contributed by atoms with Crippen LogP contribution in [0.5, 0.6) is 0 Å². The van der Waals surface area contributed by atoms with E-state index in [1.165, 1.54) is 25.1 Å². The third-order valence-electron chi connectivity index (χ3n) is 2.80. The summed E-state index contributed by atoms with van der Waals surface area (Å²) in [7, 11) is 0. The third-order valence-corrected chi connectivity index (χ3v) is 2.80. The van der Waals surface area contributed by atoms with Crippen molar-refractivity contribution in [1.29, 1.82) is 0 Å². The fraction of sp³-hybridized carbons (Fsp3) is 0.583. The Morgan fingerprint density at radius 3 is 3.19 bits per heavy atom. The molecule has 2 heterocycles. The molecule has 0 spiro atoms. The number of ether oxygens (including phenoxy) is 1. The summed E-state index contributed by atoms with van der Waals surface area (Å²) in [6, 6.07) is 3.17. The van der Waals surface area contributed by atoms with Gasteiger partial charge in [-0.1, -0.05) is 0 Å². The molecule has 1 N–H and O–H groups in total. The van der Waals surface area contributed by atoms with Crippen molar-refractivity contribution in [3.05, 3.63) is 24.3 Å². The van der Waals surface area contributed by atoms with Crippen molar-refractivity contribution >= 4 is 5.69 Å². The molecule has 0 aromatic carbocycles. The van der Waals surface area contributed by atoms with E-state index in [0.717, 1.165) is 31.7 Å². The highest BCUT2D eigenvalue weighted by Gasteiger charge is 2.12. The van der Waals surface area contributed by atoms with Gasteiger partial charge in [0, 0.05) is 31.1 Å². The highest BCUT2D eigenvalue weighted by Crippen LogP contribution is 2.16. The lowest BCUT2D eigenvalue weighted by Gasteiger charge is -2.22. The Morgan fingerprint density at radius 1 is 1.50 bits per heavy atom. The summed E-state index contributed by atoms with van der Waals surface area (Å²) < 4.78 is 18.4. The molecule has 0 radical (unpaired) electrons. The van der Waals surface area contributed by atoms with Gasteiger partial charge in [-0.2, -0.15) is 4.39 Å². The second-order valence-electron chi connectivity index (χ2n) is 4.07. The summed E-state index contributed by atoms with van der Waals surface area (Å²) in [6.45, 7) is 1.70. The lowest BCUT2D eigenvalue weighted by atomic mass is 10.1. The van der Waals surface area contributed by atoms with Gasteiger partial charge in [0.25, 0.3) is 0 Å². The number of aromatic nitrogens is 1. The maximum atomic E-state index is 12.8. The van der Waals surface area contributed by atoms with E-state index < -0.39 is 5.95 Å². The molecular weight excluding hydrogens is 207 g/mol. The van der Waals surface area contributed by atoms with Gasteiger partial charge in [-0.05, 0) is 31.7 Å². The maximum Gasteiger partial charge on any atom is 0.214 e. The zero-order valence-corrected chi connectivity index (χ0v) is 9.29. The van der Waals surface area contributed by atoms with Crippen LogP contribution in [0.4, 0.5) is 10.1 Å². The van der Waals surface area contributed by atoms with Crippen LogP contribution < -0.4 is 5.32 Å². The molecule has 1 saturated heterocycles. The highest BCUT2D eigenvalue weighted by molar-refractivity contribution is 5.40. The average Bonchev–Trinajstić information content (AvgIpc) is 2.30. The minimum atomic E-state index is -0.445. The molecule has 1 aromatic rings. The molecule has 1 atom stereocenters. The van der Waals surface area contributed by atoms with Crippen LogP contribution in [0.25, 0.3) is 0 Å². The van der Waals surface area contributed by atoms with Gasteiger partial charge >= 0.3 is 0 Å². The topological polar surface area (TPSA) is 34.1 Å². The highest BCUT2D eigenvalue weighted by atomic mass is 19.1. The fourth-order valence-electron chi connectivity index (χ4n) is 1.92. The van der Waals surface area contributed by atoms with E-state index in [0.29, 0.717) is 6.10 Å². The Labute approximate surface area is 95.0 Å². The Morgan fingerprint density at radius 2 is 2.44 bits per heavy atom. The van der Waals surface area contributed by atoms with Crippen LogP contribution in [0.15, 0.2) is 18.3 Å². The molecule has 1 unspecified atom stereocenters. The molecule has 1 aromatic heterocycles. The van der Waals surface area contributed by atoms with Gasteiger partial charge in [0.05, 0.1) is 6.10 Å². The number of hydrogen-bond donors (Lipinski definition) is 1. The quantitative estimate of drug-likeness (QED) is 0.798. The van der Waals surface area contributed by atoms with Crippen molar-refractivity contribution in [2.75, 3.05) is 18.5 Å². The summed E-state index contributed by atoms with van der Waals surface area (Å²) in [5.74, 6) is -0.445. The van der Waals surface area contributed by atoms with Crippen molar-refractivity contribution in [3.8, 4) is 0 Å². The molecule has 0 amide bonds. The van der Waals surface area contributed by atoms with Crippen LogP contribution in [0.2, 0.25) is 0 Å². The van der Waals surface area contributed by atoms with Crippen LogP contribution in [-0.2, 0) is 4.74 Å². The first-order chi connectivity index (χ1) is 7.84. The van der Waals surface area contributed by atoms with E-state index in [1.54, 1.807) is 6.07 Å². The lowest BCUT2D eigenvalue weighted by Crippen LogP contribution is -2.22. The van der Waals surface area contributed by atoms with Crippen LogP contribution in [0.1, 0.15) is 25.7 Å². The van der Waals surface area contributed by atoms with Crippen molar-refractivity contribution < 1.29 is 9.13 Å². The van der Waals surface area contributed by atoms with Gasteiger partial charge in [0.15, 0.2) is 0 Å². The average molecular weight is 224 g/mol. The van der Waals surface area contributed by atoms with E-state index in [-0.39, 0.29) is 0 Å². The summed E-state index contributed by atoms with van der Waals surface area (Å²) in [4.78, 5) is 3.51. The van der Waals surface area contributed by atoms with E-state index in [2.05, 4.69) is 10.3 Å². The number of pyridine rings is 1. The number of nitrogens with one attached hydrogen (secondary N) is 1. The van der Waals surface area contributed by atoms with Crippen molar-refractivity contribution in [2.45, 2.75) is 31.8 Å². The first-order valence-electron chi connectivity index (χ1n) is 5.81. The zero-order valence-electron chi connectivity index (χ0n) is 9.29. The molecule has 1 aliphatic rings. The van der Waals surface area contributed by atoms with Gasteiger partial charge in [-0.15, -0.1) is 0 Å². The van der Waals surface area contributed by atoms with E-state index in [4.69, 9.17) is 4.74 Å². The molecule has 0 bridgehead atoms. The standard InChI is InChI=1S/C12H17FN2O/c13-12-9-10(4-6-15-12)14-7-5-11-3-1-2-8-16-11/h4,6,9,11H,1-3,5,7-8H2,(H,14,15). The Balaban J connectivity index is 1.71. The molecular formula is C12H17FN2O. The van der Waals surface area contributed by atoms with Gasteiger partial charge in [-0.3, -0.25) is 0 Å². The second kappa shape index (κ2) is 5.80. The maximum absolute atomic E-state index is 12.8. The molecule has 3 nitrogen and oxygen atoms in total.